The highest BCUT2D eigenvalue weighted by atomic mass is 35.5. The van der Waals surface area contributed by atoms with E-state index < -0.39 is 12.1 Å². The smallest absolute Gasteiger partial charge is 0.357 e. The molecule has 0 aliphatic rings. The van der Waals surface area contributed by atoms with E-state index in [9.17, 15) is 9.59 Å². The molecule has 0 aliphatic heterocycles. The number of carbonyl (C=O) groups excluding carboxylic acids is 2. The second-order valence-electron chi connectivity index (χ2n) is 6.22. The Balaban J connectivity index is 1.84. The van der Waals surface area contributed by atoms with Crippen LogP contribution in [0, 0.1) is 13.8 Å². The zero-order valence-corrected chi connectivity index (χ0v) is 16.0. The molecule has 0 N–H and O–H groups in total. The number of rotatable bonds is 5. The molecule has 2 aromatic heterocycles. The summed E-state index contributed by atoms with van der Waals surface area (Å²) in [4.78, 5) is 28.9. The summed E-state index contributed by atoms with van der Waals surface area (Å²) in [5, 5.41) is 0.646. The van der Waals surface area contributed by atoms with Gasteiger partial charge >= 0.3 is 5.97 Å². The summed E-state index contributed by atoms with van der Waals surface area (Å²) in [7, 11) is 0. The lowest BCUT2D eigenvalue weighted by Crippen LogP contribution is -2.25. The van der Waals surface area contributed by atoms with Crippen LogP contribution in [0.2, 0.25) is 5.02 Å². The van der Waals surface area contributed by atoms with E-state index in [0.29, 0.717) is 10.6 Å². The molecule has 1 aromatic carbocycles. The van der Waals surface area contributed by atoms with Crippen molar-refractivity contribution in [3.05, 3.63) is 82.4 Å². The quantitative estimate of drug-likeness (QED) is 0.479. The fourth-order valence-electron chi connectivity index (χ4n) is 2.98. The zero-order valence-electron chi connectivity index (χ0n) is 15.3. The monoisotopic (exact) mass is 382 g/mol. The molecule has 0 unspecified atom stereocenters. The summed E-state index contributed by atoms with van der Waals surface area (Å²) in [6, 6.07) is 14.1. The van der Waals surface area contributed by atoms with Gasteiger partial charge in [-0.25, -0.2) is 9.78 Å². The summed E-state index contributed by atoms with van der Waals surface area (Å²) in [5.41, 5.74) is 3.28. The second kappa shape index (κ2) is 7.76. The minimum Gasteiger partial charge on any atom is -0.450 e. The van der Waals surface area contributed by atoms with Crippen LogP contribution in [0.5, 0.6) is 0 Å². The normalized spacial score (nSPS) is 11.9. The minimum absolute atomic E-state index is 0.170. The Morgan fingerprint density at radius 2 is 1.81 bits per heavy atom. The largest absolute Gasteiger partial charge is 0.450 e. The van der Waals surface area contributed by atoms with Crippen molar-refractivity contribution in [1.82, 2.24) is 9.55 Å². The molecule has 0 saturated carbocycles. The van der Waals surface area contributed by atoms with Gasteiger partial charge in [-0.1, -0.05) is 17.7 Å². The molecule has 0 fully saturated rings. The number of aromatic nitrogens is 2. The number of hydrogen-bond acceptors (Lipinski definition) is 4. The van der Waals surface area contributed by atoms with Gasteiger partial charge in [-0.2, -0.15) is 0 Å². The highest BCUT2D eigenvalue weighted by Crippen LogP contribution is 2.23. The zero-order chi connectivity index (χ0) is 19.6. The Bertz CT molecular complexity index is 979. The predicted octanol–water partition coefficient (Wildman–Crippen LogP) is 4.57. The molecule has 2 heterocycles. The summed E-state index contributed by atoms with van der Waals surface area (Å²) in [6.07, 6.45) is 0.585. The SMILES string of the molecule is Cc1cc(C(=O)[C@H](C)OC(=O)c2ccccn2)c(C)n1-c1ccc(Cl)cc1. The Hall–Kier alpha value is -2.92. The van der Waals surface area contributed by atoms with E-state index in [-0.39, 0.29) is 11.5 Å². The van der Waals surface area contributed by atoms with Crippen LogP contribution in [0.3, 0.4) is 0 Å². The van der Waals surface area contributed by atoms with Gasteiger partial charge in [0.2, 0.25) is 5.78 Å². The van der Waals surface area contributed by atoms with Crippen molar-refractivity contribution in [3.8, 4) is 5.69 Å². The first-order valence-corrected chi connectivity index (χ1v) is 8.87. The molecule has 138 valence electrons. The number of halogens is 1. The molecule has 3 aromatic rings. The van der Waals surface area contributed by atoms with Crippen molar-refractivity contribution >= 4 is 23.4 Å². The van der Waals surface area contributed by atoms with Crippen LogP contribution in [0.25, 0.3) is 5.69 Å². The third-order valence-electron chi connectivity index (χ3n) is 4.31. The molecule has 6 heteroatoms. The molecule has 0 radical (unpaired) electrons. The van der Waals surface area contributed by atoms with Crippen LogP contribution in [-0.2, 0) is 4.74 Å². The number of nitrogens with zero attached hydrogens (tertiary/aromatic N) is 2. The van der Waals surface area contributed by atoms with Gasteiger partial charge in [-0.05, 0) is 63.2 Å². The molecule has 0 spiro atoms. The summed E-state index contributed by atoms with van der Waals surface area (Å²) in [6.45, 7) is 5.35. The fourth-order valence-corrected chi connectivity index (χ4v) is 3.10. The molecule has 0 aliphatic carbocycles. The molecule has 5 nitrogen and oxygen atoms in total. The van der Waals surface area contributed by atoms with E-state index in [1.54, 1.807) is 43.3 Å². The predicted molar refractivity (Wildman–Crippen MR) is 104 cm³/mol. The van der Waals surface area contributed by atoms with Gasteiger partial charge in [0, 0.05) is 33.9 Å². The van der Waals surface area contributed by atoms with Crippen molar-refractivity contribution in [2.24, 2.45) is 0 Å². The summed E-state index contributed by atoms with van der Waals surface area (Å²) >= 11 is 5.96. The maximum atomic E-state index is 12.9. The van der Waals surface area contributed by atoms with Gasteiger partial charge in [0.15, 0.2) is 6.10 Å². The molecule has 3 rings (SSSR count). The highest BCUT2D eigenvalue weighted by molar-refractivity contribution is 6.30. The Kier molecular flexibility index (Phi) is 5.42. The van der Waals surface area contributed by atoms with Crippen molar-refractivity contribution in [2.45, 2.75) is 26.9 Å². The average Bonchev–Trinajstić information content (AvgIpc) is 2.96. The lowest BCUT2D eigenvalue weighted by molar-refractivity contribution is 0.0313. The van der Waals surface area contributed by atoms with Crippen LogP contribution in [-0.4, -0.2) is 27.4 Å². The molecule has 1 atom stereocenters. The lowest BCUT2D eigenvalue weighted by atomic mass is 10.1. The number of esters is 1. The van der Waals surface area contributed by atoms with Crippen molar-refractivity contribution < 1.29 is 14.3 Å². The van der Waals surface area contributed by atoms with Crippen molar-refractivity contribution in [3.63, 3.8) is 0 Å². The first kappa shape index (κ1) is 18.9. The van der Waals surface area contributed by atoms with Gasteiger partial charge in [0.25, 0.3) is 0 Å². The lowest BCUT2D eigenvalue weighted by Gasteiger charge is -2.13. The van der Waals surface area contributed by atoms with E-state index in [2.05, 4.69) is 4.98 Å². The highest BCUT2D eigenvalue weighted by Gasteiger charge is 2.25. The van der Waals surface area contributed by atoms with Gasteiger partial charge in [-0.3, -0.25) is 4.79 Å². The van der Waals surface area contributed by atoms with Crippen LogP contribution < -0.4 is 0 Å². The molecule has 0 saturated heterocycles. The Morgan fingerprint density at radius 3 is 2.44 bits per heavy atom. The minimum atomic E-state index is -0.918. The van der Waals surface area contributed by atoms with Gasteiger partial charge < -0.3 is 9.30 Å². The van der Waals surface area contributed by atoms with Crippen LogP contribution in [0.15, 0.2) is 54.7 Å². The number of benzene rings is 1. The van der Waals surface area contributed by atoms with Crippen LogP contribution in [0.1, 0.15) is 39.2 Å². The summed E-state index contributed by atoms with van der Waals surface area (Å²) < 4.78 is 7.27. The van der Waals surface area contributed by atoms with E-state index in [0.717, 1.165) is 17.1 Å². The van der Waals surface area contributed by atoms with Gasteiger partial charge in [-0.15, -0.1) is 0 Å². The number of aryl methyl sites for hydroxylation is 1. The third-order valence-corrected chi connectivity index (χ3v) is 4.56. The number of ketones is 1. The van der Waals surface area contributed by atoms with E-state index >= 15 is 0 Å². The first-order chi connectivity index (χ1) is 12.9. The van der Waals surface area contributed by atoms with Gasteiger partial charge in [0.05, 0.1) is 0 Å². The molecule has 0 bridgehead atoms. The number of hydrogen-bond donors (Lipinski definition) is 0. The van der Waals surface area contributed by atoms with E-state index in [1.807, 2.05) is 30.5 Å². The molecule has 0 amide bonds. The number of ether oxygens (including phenoxy) is 1. The molecular formula is C21H19ClN2O3. The maximum Gasteiger partial charge on any atom is 0.357 e. The molecule has 27 heavy (non-hydrogen) atoms. The standard InChI is InChI=1S/C21H19ClN2O3/c1-13-12-18(14(2)24(13)17-9-7-16(22)8-10-17)20(25)15(3)27-21(26)19-6-4-5-11-23-19/h4-12,15H,1-3H3/t15-/m0/s1. The average molecular weight is 383 g/mol. The fraction of sp³-hybridized carbons (Fsp3) is 0.190. The topological polar surface area (TPSA) is 61.2 Å². The van der Waals surface area contributed by atoms with E-state index in [4.69, 9.17) is 16.3 Å². The third kappa shape index (κ3) is 3.93. The first-order valence-electron chi connectivity index (χ1n) is 8.49. The number of Topliss-reactive ketones (excluding diaryl/α,β-unsaturated/α-hetero) is 1. The number of pyridine rings is 1. The second-order valence-corrected chi connectivity index (χ2v) is 6.66. The van der Waals surface area contributed by atoms with Crippen molar-refractivity contribution in [1.29, 1.82) is 0 Å². The summed E-state index contributed by atoms with van der Waals surface area (Å²) in [5.74, 6) is -0.879. The number of carbonyl (C=O) groups is 2. The molecular weight excluding hydrogens is 364 g/mol. The van der Waals surface area contributed by atoms with Crippen LogP contribution >= 0.6 is 11.6 Å². The Labute approximate surface area is 162 Å². The van der Waals surface area contributed by atoms with Gasteiger partial charge in [0.1, 0.15) is 5.69 Å². The van der Waals surface area contributed by atoms with Crippen molar-refractivity contribution in [2.75, 3.05) is 0 Å². The maximum absolute atomic E-state index is 12.9. The van der Waals surface area contributed by atoms with E-state index in [1.165, 1.54) is 6.20 Å². The van der Waals surface area contributed by atoms with Crippen LogP contribution in [0.4, 0.5) is 0 Å². The Morgan fingerprint density at radius 1 is 1.11 bits per heavy atom.